The Morgan fingerprint density at radius 3 is 2.92 bits per heavy atom. The fourth-order valence-corrected chi connectivity index (χ4v) is 1.79. The SMILES string of the molecule is CC(C(=O)O)C1/C=C\CCCCC1. The van der Waals surface area contributed by atoms with Crippen LogP contribution in [-0.4, -0.2) is 11.1 Å². The maximum absolute atomic E-state index is 10.8. The van der Waals surface area contributed by atoms with Gasteiger partial charge in [0.05, 0.1) is 5.92 Å². The van der Waals surface area contributed by atoms with Crippen LogP contribution in [0.5, 0.6) is 0 Å². The number of carbonyl (C=O) groups is 1. The smallest absolute Gasteiger partial charge is 0.306 e. The van der Waals surface area contributed by atoms with E-state index in [4.69, 9.17) is 5.11 Å². The maximum Gasteiger partial charge on any atom is 0.306 e. The van der Waals surface area contributed by atoms with Crippen molar-refractivity contribution in [2.75, 3.05) is 0 Å². The third-order valence-electron chi connectivity index (χ3n) is 2.82. The lowest BCUT2D eigenvalue weighted by atomic mass is 9.87. The standard InChI is InChI=1S/C11H18O2/c1-9(11(12)13)10-7-5-3-2-4-6-8-10/h5,7,9-10H,2-4,6,8H2,1H3,(H,12,13)/b7-5-. The Morgan fingerprint density at radius 1 is 1.46 bits per heavy atom. The summed E-state index contributed by atoms with van der Waals surface area (Å²) in [5, 5.41) is 8.86. The van der Waals surface area contributed by atoms with Crippen LogP contribution in [0.1, 0.15) is 39.0 Å². The molecule has 2 heteroatoms. The van der Waals surface area contributed by atoms with Crippen LogP contribution in [0.2, 0.25) is 0 Å². The summed E-state index contributed by atoms with van der Waals surface area (Å²) in [5.41, 5.74) is 0. The van der Waals surface area contributed by atoms with Gasteiger partial charge in [-0.05, 0) is 25.2 Å². The van der Waals surface area contributed by atoms with Crippen molar-refractivity contribution >= 4 is 5.97 Å². The Hall–Kier alpha value is -0.790. The Morgan fingerprint density at radius 2 is 2.23 bits per heavy atom. The van der Waals surface area contributed by atoms with E-state index in [2.05, 4.69) is 12.2 Å². The predicted octanol–water partition coefficient (Wildman–Crippen LogP) is 2.84. The van der Waals surface area contributed by atoms with E-state index in [9.17, 15) is 4.79 Å². The molecular formula is C11H18O2. The summed E-state index contributed by atoms with van der Waals surface area (Å²) in [4.78, 5) is 10.8. The highest BCUT2D eigenvalue weighted by molar-refractivity contribution is 5.70. The minimum atomic E-state index is -0.671. The molecule has 0 aromatic heterocycles. The highest BCUT2D eigenvalue weighted by Gasteiger charge is 2.20. The van der Waals surface area contributed by atoms with Gasteiger partial charge < -0.3 is 5.11 Å². The second-order valence-electron chi connectivity index (χ2n) is 3.86. The highest BCUT2D eigenvalue weighted by atomic mass is 16.4. The number of aliphatic carboxylic acids is 1. The second-order valence-corrected chi connectivity index (χ2v) is 3.86. The Kier molecular flexibility index (Phi) is 4.00. The third kappa shape index (κ3) is 3.21. The van der Waals surface area contributed by atoms with Crippen molar-refractivity contribution in [3.8, 4) is 0 Å². The topological polar surface area (TPSA) is 37.3 Å². The van der Waals surface area contributed by atoms with E-state index in [1.54, 1.807) is 6.92 Å². The molecule has 2 atom stereocenters. The normalized spacial score (nSPS) is 28.5. The minimum absolute atomic E-state index is 0.227. The number of carboxylic acid groups (broad SMARTS) is 1. The van der Waals surface area contributed by atoms with Crippen molar-refractivity contribution < 1.29 is 9.90 Å². The quantitative estimate of drug-likeness (QED) is 0.667. The Balaban J connectivity index is 2.54. The van der Waals surface area contributed by atoms with Gasteiger partial charge in [0, 0.05) is 0 Å². The molecule has 0 bridgehead atoms. The van der Waals surface area contributed by atoms with Gasteiger partial charge in [0.1, 0.15) is 0 Å². The van der Waals surface area contributed by atoms with Crippen LogP contribution in [0, 0.1) is 11.8 Å². The highest BCUT2D eigenvalue weighted by Crippen LogP contribution is 2.23. The summed E-state index contributed by atoms with van der Waals surface area (Å²) in [6, 6.07) is 0. The van der Waals surface area contributed by atoms with Crippen LogP contribution in [0.25, 0.3) is 0 Å². The van der Waals surface area contributed by atoms with Gasteiger partial charge in [0.15, 0.2) is 0 Å². The average molecular weight is 182 g/mol. The zero-order chi connectivity index (χ0) is 9.68. The molecule has 0 radical (unpaired) electrons. The first kappa shape index (κ1) is 10.3. The zero-order valence-corrected chi connectivity index (χ0v) is 8.20. The molecule has 1 rings (SSSR count). The number of carboxylic acids is 1. The molecule has 2 unspecified atom stereocenters. The minimum Gasteiger partial charge on any atom is -0.481 e. The van der Waals surface area contributed by atoms with Gasteiger partial charge >= 0.3 is 5.97 Å². The lowest BCUT2D eigenvalue weighted by Gasteiger charge is -2.18. The number of hydrogen-bond donors (Lipinski definition) is 1. The van der Waals surface area contributed by atoms with Crippen molar-refractivity contribution in [3.63, 3.8) is 0 Å². The van der Waals surface area contributed by atoms with Crippen molar-refractivity contribution in [3.05, 3.63) is 12.2 Å². The molecule has 1 N–H and O–H groups in total. The van der Waals surface area contributed by atoms with Crippen LogP contribution < -0.4 is 0 Å². The van der Waals surface area contributed by atoms with E-state index in [1.165, 1.54) is 19.3 Å². The zero-order valence-electron chi connectivity index (χ0n) is 8.20. The second kappa shape index (κ2) is 5.05. The molecule has 13 heavy (non-hydrogen) atoms. The molecule has 0 aromatic carbocycles. The fourth-order valence-electron chi connectivity index (χ4n) is 1.79. The van der Waals surface area contributed by atoms with Crippen molar-refractivity contribution in [2.24, 2.45) is 11.8 Å². The largest absolute Gasteiger partial charge is 0.481 e. The van der Waals surface area contributed by atoms with E-state index >= 15 is 0 Å². The summed E-state index contributed by atoms with van der Waals surface area (Å²) >= 11 is 0. The summed E-state index contributed by atoms with van der Waals surface area (Å²) in [7, 11) is 0. The molecule has 0 saturated carbocycles. The molecule has 0 heterocycles. The monoisotopic (exact) mass is 182 g/mol. The lowest BCUT2D eigenvalue weighted by molar-refractivity contribution is -0.142. The van der Waals surface area contributed by atoms with Gasteiger partial charge in [-0.1, -0.05) is 31.9 Å². The number of hydrogen-bond acceptors (Lipinski definition) is 1. The molecule has 74 valence electrons. The van der Waals surface area contributed by atoms with Crippen LogP contribution >= 0.6 is 0 Å². The Bertz CT molecular complexity index is 196. The number of allylic oxidation sites excluding steroid dienone is 2. The third-order valence-corrected chi connectivity index (χ3v) is 2.82. The summed E-state index contributed by atoms with van der Waals surface area (Å²) in [6.07, 6.45) is 10.1. The molecule has 0 saturated heterocycles. The van der Waals surface area contributed by atoms with E-state index in [0.29, 0.717) is 0 Å². The van der Waals surface area contributed by atoms with E-state index in [0.717, 1.165) is 12.8 Å². The first-order valence-corrected chi connectivity index (χ1v) is 5.11. The first-order chi connectivity index (χ1) is 6.22. The van der Waals surface area contributed by atoms with E-state index in [1.807, 2.05) is 0 Å². The van der Waals surface area contributed by atoms with Gasteiger partial charge in [0.25, 0.3) is 0 Å². The van der Waals surface area contributed by atoms with Crippen molar-refractivity contribution in [2.45, 2.75) is 39.0 Å². The van der Waals surface area contributed by atoms with Gasteiger partial charge in [-0.2, -0.15) is 0 Å². The van der Waals surface area contributed by atoms with Crippen LogP contribution in [0.3, 0.4) is 0 Å². The summed E-state index contributed by atoms with van der Waals surface area (Å²) in [5.74, 6) is -0.651. The molecule has 1 aliphatic rings. The maximum atomic E-state index is 10.8. The summed E-state index contributed by atoms with van der Waals surface area (Å²) in [6.45, 7) is 1.80. The molecule has 2 nitrogen and oxygen atoms in total. The fraction of sp³-hybridized carbons (Fsp3) is 0.727. The molecule has 0 spiro atoms. The predicted molar refractivity (Wildman–Crippen MR) is 52.5 cm³/mol. The Labute approximate surface area is 79.6 Å². The molecule has 0 amide bonds. The van der Waals surface area contributed by atoms with Gasteiger partial charge in [-0.3, -0.25) is 4.79 Å². The van der Waals surface area contributed by atoms with Crippen molar-refractivity contribution in [1.29, 1.82) is 0 Å². The van der Waals surface area contributed by atoms with E-state index in [-0.39, 0.29) is 11.8 Å². The van der Waals surface area contributed by atoms with Gasteiger partial charge in [-0.15, -0.1) is 0 Å². The number of rotatable bonds is 2. The molecular weight excluding hydrogens is 164 g/mol. The van der Waals surface area contributed by atoms with E-state index < -0.39 is 5.97 Å². The first-order valence-electron chi connectivity index (χ1n) is 5.11. The van der Waals surface area contributed by atoms with Gasteiger partial charge in [-0.25, -0.2) is 0 Å². The lowest BCUT2D eigenvalue weighted by Crippen LogP contribution is -2.19. The van der Waals surface area contributed by atoms with Crippen LogP contribution in [0.15, 0.2) is 12.2 Å². The van der Waals surface area contributed by atoms with Crippen molar-refractivity contribution in [1.82, 2.24) is 0 Å². The molecule has 0 aliphatic heterocycles. The average Bonchev–Trinajstić information content (AvgIpc) is 2.02. The molecule has 0 fully saturated rings. The molecule has 0 aromatic rings. The van der Waals surface area contributed by atoms with Crippen LogP contribution in [0.4, 0.5) is 0 Å². The summed E-state index contributed by atoms with van der Waals surface area (Å²) < 4.78 is 0. The molecule has 1 aliphatic carbocycles. The van der Waals surface area contributed by atoms with Crippen LogP contribution in [-0.2, 0) is 4.79 Å². The van der Waals surface area contributed by atoms with Gasteiger partial charge in [0.2, 0.25) is 0 Å².